The minimum absolute atomic E-state index is 0.0134. The Morgan fingerprint density at radius 3 is 2.72 bits per heavy atom. The second-order valence-corrected chi connectivity index (χ2v) is 5.58. The molecule has 0 aliphatic heterocycles. The lowest BCUT2D eigenvalue weighted by Gasteiger charge is -2.22. The summed E-state index contributed by atoms with van der Waals surface area (Å²) in [5.74, 6) is 0.0911. The first kappa shape index (κ1) is 14.4. The van der Waals surface area contributed by atoms with Gasteiger partial charge in [0.15, 0.2) is 0 Å². The molecular weight excluding hydrogens is 236 g/mol. The van der Waals surface area contributed by atoms with E-state index in [1.54, 1.807) is 7.05 Å². The van der Waals surface area contributed by atoms with Crippen LogP contribution >= 0.6 is 0 Å². The van der Waals surface area contributed by atoms with E-state index in [0.717, 1.165) is 0 Å². The predicted molar refractivity (Wildman–Crippen MR) is 68.4 cm³/mol. The molecule has 0 aliphatic carbocycles. The van der Waals surface area contributed by atoms with Gasteiger partial charge in [0, 0.05) is 13.6 Å². The number of aliphatic hydroxyl groups excluding tert-OH is 1. The van der Waals surface area contributed by atoms with Crippen LogP contribution in [0, 0.1) is 15.5 Å². The molecule has 0 aliphatic rings. The Morgan fingerprint density at radius 1 is 1.61 bits per heavy atom. The highest BCUT2D eigenvalue weighted by molar-refractivity contribution is 5.51. The van der Waals surface area contributed by atoms with Gasteiger partial charge in [0.05, 0.1) is 6.10 Å². The SMILES string of the molecule is Cn1cnc([N+](=O)[O-])c1NCC(O)CC(C)(C)C. The molecule has 0 aromatic carbocycles. The molecule has 1 atom stereocenters. The third-order valence-electron chi connectivity index (χ3n) is 2.44. The quantitative estimate of drug-likeness (QED) is 0.615. The van der Waals surface area contributed by atoms with Crippen molar-refractivity contribution in [3.05, 3.63) is 16.4 Å². The Bertz CT molecular complexity index is 422. The Balaban J connectivity index is 2.63. The van der Waals surface area contributed by atoms with E-state index < -0.39 is 11.0 Å². The van der Waals surface area contributed by atoms with Crippen molar-refractivity contribution in [2.45, 2.75) is 33.3 Å². The van der Waals surface area contributed by atoms with Crippen molar-refractivity contribution >= 4 is 11.6 Å². The fourth-order valence-electron chi connectivity index (χ4n) is 1.75. The first-order chi connectivity index (χ1) is 8.20. The number of rotatable bonds is 5. The lowest BCUT2D eigenvalue weighted by Crippen LogP contribution is -2.25. The summed E-state index contributed by atoms with van der Waals surface area (Å²) in [6.45, 7) is 6.35. The van der Waals surface area contributed by atoms with Crippen molar-refractivity contribution in [1.82, 2.24) is 9.55 Å². The molecule has 1 unspecified atom stereocenters. The fourth-order valence-corrected chi connectivity index (χ4v) is 1.75. The molecule has 0 bridgehead atoms. The van der Waals surface area contributed by atoms with Crippen molar-refractivity contribution in [3.8, 4) is 0 Å². The van der Waals surface area contributed by atoms with Gasteiger partial charge in [0.1, 0.15) is 0 Å². The number of nitrogens with one attached hydrogen (secondary N) is 1. The number of aromatic nitrogens is 2. The number of aryl methyl sites for hydroxylation is 1. The van der Waals surface area contributed by atoms with E-state index in [-0.39, 0.29) is 17.8 Å². The second-order valence-electron chi connectivity index (χ2n) is 5.58. The van der Waals surface area contributed by atoms with Crippen LogP contribution in [0.25, 0.3) is 0 Å². The molecule has 2 N–H and O–H groups in total. The molecule has 0 saturated carbocycles. The van der Waals surface area contributed by atoms with Gasteiger partial charge in [-0.2, -0.15) is 0 Å². The number of anilines is 1. The molecule has 1 aromatic rings. The molecule has 7 nitrogen and oxygen atoms in total. The van der Waals surface area contributed by atoms with Gasteiger partial charge in [-0.15, -0.1) is 0 Å². The molecule has 18 heavy (non-hydrogen) atoms. The Morgan fingerprint density at radius 2 is 2.22 bits per heavy atom. The van der Waals surface area contributed by atoms with Crippen molar-refractivity contribution < 1.29 is 10.0 Å². The van der Waals surface area contributed by atoms with Crippen LogP contribution < -0.4 is 5.32 Å². The third kappa shape index (κ3) is 3.99. The van der Waals surface area contributed by atoms with Gasteiger partial charge >= 0.3 is 5.82 Å². The molecule has 102 valence electrons. The molecule has 1 rings (SSSR count). The lowest BCUT2D eigenvalue weighted by atomic mass is 9.89. The summed E-state index contributed by atoms with van der Waals surface area (Å²) in [4.78, 5) is 13.9. The van der Waals surface area contributed by atoms with Crippen LogP contribution in [0.5, 0.6) is 0 Å². The zero-order valence-electron chi connectivity index (χ0n) is 11.2. The van der Waals surface area contributed by atoms with Crippen LogP contribution in [0.1, 0.15) is 27.2 Å². The van der Waals surface area contributed by atoms with E-state index in [4.69, 9.17) is 0 Å². The summed E-state index contributed by atoms with van der Waals surface area (Å²) in [7, 11) is 1.67. The van der Waals surface area contributed by atoms with Crippen LogP contribution in [-0.2, 0) is 7.05 Å². The molecule has 0 spiro atoms. The van der Waals surface area contributed by atoms with Crippen LogP contribution in [0.2, 0.25) is 0 Å². The number of nitrogens with zero attached hydrogens (tertiary/aromatic N) is 3. The van der Waals surface area contributed by atoms with E-state index in [9.17, 15) is 15.2 Å². The Hall–Kier alpha value is -1.63. The molecule has 0 radical (unpaired) electrons. The maximum Gasteiger partial charge on any atom is 0.406 e. The highest BCUT2D eigenvalue weighted by Crippen LogP contribution is 2.23. The average molecular weight is 256 g/mol. The van der Waals surface area contributed by atoms with Gasteiger partial charge in [-0.25, -0.2) is 0 Å². The number of nitro groups is 1. The Kier molecular flexibility index (Phi) is 4.28. The van der Waals surface area contributed by atoms with Gasteiger partial charge in [-0.3, -0.25) is 4.57 Å². The smallest absolute Gasteiger partial charge is 0.391 e. The van der Waals surface area contributed by atoms with E-state index in [1.165, 1.54) is 10.9 Å². The van der Waals surface area contributed by atoms with Gasteiger partial charge < -0.3 is 20.5 Å². The van der Waals surface area contributed by atoms with Gasteiger partial charge in [0.25, 0.3) is 0 Å². The summed E-state index contributed by atoms with van der Waals surface area (Å²) >= 11 is 0. The highest BCUT2D eigenvalue weighted by Gasteiger charge is 2.22. The van der Waals surface area contributed by atoms with E-state index in [2.05, 4.69) is 10.3 Å². The molecule has 7 heteroatoms. The van der Waals surface area contributed by atoms with Crippen LogP contribution in [-0.4, -0.2) is 32.2 Å². The summed E-state index contributed by atoms with van der Waals surface area (Å²) in [6, 6.07) is 0. The van der Waals surface area contributed by atoms with E-state index in [0.29, 0.717) is 12.2 Å². The van der Waals surface area contributed by atoms with Gasteiger partial charge in [-0.1, -0.05) is 20.8 Å². The number of aliphatic hydroxyl groups is 1. The zero-order valence-corrected chi connectivity index (χ0v) is 11.2. The highest BCUT2D eigenvalue weighted by atomic mass is 16.6. The maximum absolute atomic E-state index is 10.7. The van der Waals surface area contributed by atoms with Crippen LogP contribution in [0.15, 0.2) is 6.33 Å². The number of hydrogen-bond donors (Lipinski definition) is 2. The Labute approximate surface area is 106 Å². The first-order valence-corrected chi connectivity index (χ1v) is 5.78. The first-order valence-electron chi connectivity index (χ1n) is 5.78. The second kappa shape index (κ2) is 5.34. The molecule has 1 heterocycles. The molecule has 0 fully saturated rings. The average Bonchev–Trinajstić information content (AvgIpc) is 2.54. The topological polar surface area (TPSA) is 93.2 Å². The van der Waals surface area contributed by atoms with Crippen LogP contribution in [0.3, 0.4) is 0 Å². The largest absolute Gasteiger partial charge is 0.406 e. The van der Waals surface area contributed by atoms with Crippen molar-refractivity contribution in [3.63, 3.8) is 0 Å². The molecule has 0 amide bonds. The van der Waals surface area contributed by atoms with Crippen LogP contribution in [0.4, 0.5) is 11.6 Å². The summed E-state index contributed by atoms with van der Waals surface area (Å²) < 4.78 is 1.53. The molecule has 1 aromatic heterocycles. The summed E-state index contributed by atoms with van der Waals surface area (Å²) in [5.41, 5.74) is 0.0134. The minimum atomic E-state index is -0.556. The fraction of sp³-hybridized carbons (Fsp3) is 0.727. The lowest BCUT2D eigenvalue weighted by molar-refractivity contribution is -0.388. The van der Waals surface area contributed by atoms with Gasteiger partial charge in [0.2, 0.25) is 12.1 Å². The van der Waals surface area contributed by atoms with Crippen molar-refractivity contribution in [2.24, 2.45) is 12.5 Å². The van der Waals surface area contributed by atoms with Crippen molar-refractivity contribution in [1.29, 1.82) is 0 Å². The van der Waals surface area contributed by atoms with Crippen molar-refractivity contribution in [2.75, 3.05) is 11.9 Å². The maximum atomic E-state index is 10.7. The minimum Gasteiger partial charge on any atom is -0.391 e. The van der Waals surface area contributed by atoms with Gasteiger partial charge in [-0.05, 0) is 21.7 Å². The third-order valence-corrected chi connectivity index (χ3v) is 2.44. The summed E-state index contributed by atoms with van der Waals surface area (Å²) in [6.07, 6.45) is 1.43. The standard InChI is InChI=1S/C11H20N4O3/c1-11(2,3)5-8(16)6-12-9-10(15(17)18)13-7-14(9)4/h7-8,12,16H,5-6H2,1-4H3. The molecular formula is C11H20N4O3. The normalized spacial score (nSPS) is 13.4. The number of hydrogen-bond acceptors (Lipinski definition) is 5. The monoisotopic (exact) mass is 256 g/mol. The predicted octanol–water partition coefficient (Wildman–Crippen LogP) is 1.54. The number of imidazole rings is 1. The zero-order chi connectivity index (χ0) is 13.9. The summed E-state index contributed by atoms with van der Waals surface area (Å²) in [5, 5.41) is 23.5. The van der Waals surface area contributed by atoms with E-state index >= 15 is 0 Å². The van der Waals surface area contributed by atoms with E-state index in [1.807, 2.05) is 20.8 Å². The molecule has 0 saturated heterocycles.